The largest absolute Gasteiger partial charge is 0.379 e. The van der Waals surface area contributed by atoms with E-state index in [2.05, 4.69) is 15.2 Å². The standard InChI is InChI=1S/C17H20N4O5S2/c1-12(22)20-28(24,25)14-4-2-13(3-5-14)18-17(23)15-11-27-16(19-15)10-21-6-8-26-9-7-21/h2-5,11H,6-10H2,1H3,(H,18,23)(H,20,22). The van der Waals surface area contributed by atoms with Crippen molar-refractivity contribution in [1.29, 1.82) is 0 Å². The third-order valence-corrected chi connectivity index (χ3v) is 6.23. The zero-order chi connectivity index (χ0) is 20.1. The first-order chi connectivity index (χ1) is 13.3. The second kappa shape index (κ2) is 8.78. The van der Waals surface area contributed by atoms with Crippen LogP contribution >= 0.6 is 11.3 Å². The Bertz CT molecular complexity index is 950. The van der Waals surface area contributed by atoms with Gasteiger partial charge in [-0.2, -0.15) is 0 Å². The molecule has 2 heterocycles. The maximum atomic E-state index is 12.4. The van der Waals surface area contributed by atoms with Gasteiger partial charge in [0.2, 0.25) is 5.91 Å². The maximum absolute atomic E-state index is 12.4. The number of hydrogen-bond acceptors (Lipinski definition) is 8. The van der Waals surface area contributed by atoms with E-state index in [1.807, 2.05) is 4.72 Å². The number of morpholine rings is 1. The topological polar surface area (TPSA) is 118 Å². The molecule has 0 unspecified atom stereocenters. The Morgan fingerprint density at radius 3 is 2.54 bits per heavy atom. The molecule has 2 aromatic rings. The molecule has 150 valence electrons. The monoisotopic (exact) mass is 424 g/mol. The molecule has 0 radical (unpaired) electrons. The highest BCUT2D eigenvalue weighted by Crippen LogP contribution is 2.17. The Balaban J connectivity index is 1.61. The van der Waals surface area contributed by atoms with Crippen molar-refractivity contribution in [2.24, 2.45) is 0 Å². The Morgan fingerprint density at radius 1 is 1.21 bits per heavy atom. The second-order valence-corrected chi connectivity index (χ2v) is 8.78. The Kier molecular flexibility index (Phi) is 6.39. The number of ether oxygens (including phenoxy) is 1. The normalized spacial score (nSPS) is 15.2. The number of aromatic nitrogens is 1. The van der Waals surface area contributed by atoms with Crippen molar-refractivity contribution in [3.8, 4) is 0 Å². The van der Waals surface area contributed by atoms with Gasteiger partial charge in [0.15, 0.2) is 0 Å². The molecule has 11 heteroatoms. The van der Waals surface area contributed by atoms with Crippen LogP contribution in [0.1, 0.15) is 22.4 Å². The van der Waals surface area contributed by atoms with Crippen molar-refractivity contribution < 1.29 is 22.7 Å². The van der Waals surface area contributed by atoms with Gasteiger partial charge in [-0.15, -0.1) is 11.3 Å². The number of nitrogens with one attached hydrogen (secondary N) is 2. The van der Waals surface area contributed by atoms with E-state index in [9.17, 15) is 18.0 Å². The molecular weight excluding hydrogens is 404 g/mol. The van der Waals surface area contributed by atoms with E-state index in [1.165, 1.54) is 35.6 Å². The number of benzene rings is 1. The Morgan fingerprint density at radius 2 is 1.89 bits per heavy atom. The van der Waals surface area contributed by atoms with Crippen LogP contribution in [-0.4, -0.2) is 56.4 Å². The predicted octanol–water partition coefficient (Wildman–Crippen LogP) is 1.05. The van der Waals surface area contributed by atoms with Crippen LogP contribution in [0.3, 0.4) is 0 Å². The molecule has 2 amide bonds. The summed E-state index contributed by atoms with van der Waals surface area (Å²) in [6.07, 6.45) is 0. The van der Waals surface area contributed by atoms with Gasteiger partial charge in [-0.25, -0.2) is 18.1 Å². The summed E-state index contributed by atoms with van der Waals surface area (Å²) >= 11 is 1.42. The molecule has 1 aromatic heterocycles. The van der Waals surface area contributed by atoms with E-state index in [0.29, 0.717) is 31.1 Å². The number of carbonyl (C=O) groups is 2. The van der Waals surface area contributed by atoms with Crippen LogP contribution in [0.15, 0.2) is 34.5 Å². The molecule has 1 aromatic carbocycles. The van der Waals surface area contributed by atoms with Gasteiger partial charge in [0, 0.05) is 31.1 Å². The summed E-state index contributed by atoms with van der Waals surface area (Å²) in [5.41, 5.74) is 0.734. The molecule has 2 N–H and O–H groups in total. The van der Waals surface area contributed by atoms with Crippen LogP contribution in [0.4, 0.5) is 5.69 Å². The molecule has 1 aliphatic rings. The summed E-state index contributed by atoms with van der Waals surface area (Å²) in [4.78, 5) is 29.9. The molecule has 9 nitrogen and oxygen atoms in total. The van der Waals surface area contributed by atoms with Gasteiger partial charge in [0.1, 0.15) is 10.7 Å². The minimum atomic E-state index is -3.90. The maximum Gasteiger partial charge on any atom is 0.275 e. The van der Waals surface area contributed by atoms with E-state index >= 15 is 0 Å². The lowest BCUT2D eigenvalue weighted by atomic mass is 10.3. The van der Waals surface area contributed by atoms with Crippen molar-refractivity contribution >= 4 is 38.9 Å². The number of sulfonamides is 1. The summed E-state index contributed by atoms with van der Waals surface area (Å²) in [5, 5.41) is 5.23. The first-order valence-electron chi connectivity index (χ1n) is 8.53. The van der Waals surface area contributed by atoms with Crippen LogP contribution < -0.4 is 10.0 Å². The molecule has 0 bridgehead atoms. The summed E-state index contributed by atoms with van der Waals surface area (Å²) in [6, 6.07) is 5.53. The average molecular weight is 425 g/mol. The zero-order valence-corrected chi connectivity index (χ0v) is 16.8. The van der Waals surface area contributed by atoms with Gasteiger partial charge >= 0.3 is 0 Å². The Hall–Kier alpha value is -2.34. The average Bonchev–Trinajstić information content (AvgIpc) is 3.10. The number of anilines is 1. The summed E-state index contributed by atoms with van der Waals surface area (Å²) in [7, 11) is -3.90. The fourth-order valence-corrected chi connectivity index (χ4v) is 4.41. The molecule has 0 atom stereocenters. The highest BCUT2D eigenvalue weighted by atomic mass is 32.2. The van der Waals surface area contributed by atoms with Gasteiger partial charge in [0.25, 0.3) is 15.9 Å². The summed E-state index contributed by atoms with van der Waals surface area (Å²) < 4.78 is 31.0. The van der Waals surface area contributed by atoms with Crippen LogP contribution in [0, 0.1) is 0 Å². The lowest BCUT2D eigenvalue weighted by Crippen LogP contribution is -2.35. The smallest absolute Gasteiger partial charge is 0.275 e. The van der Waals surface area contributed by atoms with Crippen LogP contribution in [0.25, 0.3) is 0 Å². The molecule has 0 saturated carbocycles. The molecule has 1 aliphatic heterocycles. The van der Waals surface area contributed by atoms with Crippen molar-refractivity contribution in [2.75, 3.05) is 31.6 Å². The molecular formula is C17H20N4O5S2. The molecule has 1 fully saturated rings. The van der Waals surface area contributed by atoms with Gasteiger partial charge < -0.3 is 10.1 Å². The fraction of sp³-hybridized carbons (Fsp3) is 0.353. The number of rotatable bonds is 6. The number of carbonyl (C=O) groups excluding carboxylic acids is 2. The minimum absolute atomic E-state index is 0.0674. The number of amides is 2. The van der Waals surface area contributed by atoms with E-state index in [1.54, 1.807) is 5.38 Å². The molecule has 3 rings (SSSR count). The van der Waals surface area contributed by atoms with E-state index in [-0.39, 0.29) is 10.8 Å². The molecule has 0 aliphatic carbocycles. The highest BCUT2D eigenvalue weighted by molar-refractivity contribution is 7.90. The van der Waals surface area contributed by atoms with Crippen LogP contribution in [0.5, 0.6) is 0 Å². The van der Waals surface area contributed by atoms with Crippen molar-refractivity contribution in [1.82, 2.24) is 14.6 Å². The number of nitrogens with zero attached hydrogens (tertiary/aromatic N) is 2. The van der Waals surface area contributed by atoms with E-state index in [0.717, 1.165) is 25.0 Å². The van der Waals surface area contributed by atoms with Crippen molar-refractivity contribution in [2.45, 2.75) is 18.4 Å². The van der Waals surface area contributed by atoms with Crippen molar-refractivity contribution in [3.05, 3.63) is 40.3 Å². The first kappa shape index (κ1) is 20.4. The lowest BCUT2D eigenvalue weighted by Gasteiger charge is -2.25. The van der Waals surface area contributed by atoms with Crippen molar-refractivity contribution in [3.63, 3.8) is 0 Å². The van der Waals surface area contributed by atoms with Crippen LogP contribution in [-0.2, 0) is 26.1 Å². The predicted molar refractivity (Wildman–Crippen MR) is 104 cm³/mol. The lowest BCUT2D eigenvalue weighted by molar-refractivity contribution is -0.117. The fourth-order valence-electron chi connectivity index (χ4n) is 2.60. The SMILES string of the molecule is CC(=O)NS(=O)(=O)c1ccc(NC(=O)c2csc(CN3CCOCC3)n2)cc1. The Labute approximate surface area is 166 Å². The quantitative estimate of drug-likeness (QED) is 0.712. The van der Waals surface area contributed by atoms with E-state index in [4.69, 9.17) is 4.74 Å². The van der Waals surface area contributed by atoms with Gasteiger partial charge in [0.05, 0.1) is 24.7 Å². The van der Waals surface area contributed by atoms with Gasteiger partial charge in [-0.05, 0) is 24.3 Å². The minimum Gasteiger partial charge on any atom is -0.379 e. The second-order valence-electron chi connectivity index (χ2n) is 6.16. The third kappa shape index (κ3) is 5.35. The molecule has 1 saturated heterocycles. The van der Waals surface area contributed by atoms with Gasteiger partial charge in [-0.1, -0.05) is 0 Å². The van der Waals surface area contributed by atoms with Crippen LogP contribution in [0.2, 0.25) is 0 Å². The van der Waals surface area contributed by atoms with E-state index < -0.39 is 15.9 Å². The molecule has 0 spiro atoms. The summed E-state index contributed by atoms with van der Waals surface area (Å²) in [5.74, 6) is -1.05. The van der Waals surface area contributed by atoms with Gasteiger partial charge in [-0.3, -0.25) is 14.5 Å². The summed E-state index contributed by atoms with van der Waals surface area (Å²) in [6.45, 7) is 4.88. The number of thiazole rings is 1. The number of hydrogen-bond donors (Lipinski definition) is 2. The first-order valence-corrected chi connectivity index (χ1v) is 10.9. The highest BCUT2D eigenvalue weighted by Gasteiger charge is 2.17. The molecule has 28 heavy (non-hydrogen) atoms. The third-order valence-electron chi connectivity index (χ3n) is 3.95. The zero-order valence-electron chi connectivity index (χ0n) is 15.2.